The molecule has 1 aromatic heterocycles. The van der Waals surface area contributed by atoms with Crippen LogP contribution in [0.4, 0.5) is 13.2 Å². The Hall–Kier alpha value is -3.37. The summed E-state index contributed by atoms with van der Waals surface area (Å²) in [7, 11) is 0. The number of hydrogen-bond donors (Lipinski definition) is 2. The molecule has 3 N–H and O–H groups in total. The number of aromatic nitrogens is 2. The Kier molecular flexibility index (Phi) is 7.16. The van der Waals surface area contributed by atoms with Crippen LogP contribution in [-0.2, 0) is 17.9 Å². The lowest BCUT2D eigenvalue weighted by atomic mass is 10.2. The summed E-state index contributed by atoms with van der Waals surface area (Å²) in [5.74, 6) is -3.02. The lowest BCUT2D eigenvalue weighted by molar-refractivity contribution is -0.117. The largest absolute Gasteiger partial charge is 0.471 e. The van der Waals surface area contributed by atoms with Crippen molar-refractivity contribution in [3.05, 3.63) is 86.2 Å². The molecular weight excluding hydrogens is 449 g/mol. The second-order valence-corrected chi connectivity index (χ2v) is 7.18. The number of nitrogens with two attached hydrogens (primary N) is 1. The molecule has 32 heavy (non-hydrogen) atoms. The van der Waals surface area contributed by atoms with E-state index < -0.39 is 33.9 Å². The van der Waals surface area contributed by atoms with Gasteiger partial charge < -0.3 is 15.8 Å². The Bertz CT molecular complexity index is 1230. The van der Waals surface area contributed by atoms with E-state index in [1.807, 2.05) is 0 Å². The molecule has 0 aliphatic heterocycles. The molecule has 0 radical (unpaired) electrons. The fraction of sp³-hybridized carbons (Fsp3) is 0.190. The Morgan fingerprint density at radius 2 is 1.94 bits per heavy atom. The summed E-state index contributed by atoms with van der Waals surface area (Å²) in [4.78, 5) is 27.8. The van der Waals surface area contributed by atoms with E-state index in [9.17, 15) is 22.8 Å². The summed E-state index contributed by atoms with van der Waals surface area (Å²) in [5.41, 5.74) is 4.79. The highest BCUT2D eigenvalue weighted by Gasteiger charge is 2.19. The molecule has 1 heterocycles. The van der Waals surface area contributed by atoms with Crippen LogP contribution in [0.3, 0.4) is 0 Å². The molecule has 0 atom stereocenters. The average Bonchev–Trinajstić information content (AvgIpc) is 2.72. The first-order valence-electron chi connectivity index (χ1n) is 9.31. The van der Waals surface area contributed by atoms with Crippen molar-refractivity contribution in [1.29, 1.82) is 0 Å². The maximum absolute atomic E-state index is 14.5. The lowest BCUT2D eigenvalue weighted by Gasteiger charge is -2.15. The van der Waals surface area contributed by atoms with Crippen LogP contribution in [0.2, 0.25) is 5.02 Å². The van der Waals surface area contributed by atoms with Crippen LogP contribution in [0, 0.1) is 24.4 Å². The van der Waals surface area contributed by atoms with Gasteiger partial charge in [-0.25, -0.2) is 13.2 Å². The number of halogens is 4. The topological polar surface area (TPSA) is 99.2 Å². The fourth-order valence-corrected chi connectivity index (χ4v) is 3.10. The first-order valence-corrected chi connectivity index (χ1v) is 9.69. The molecular formula is C21H18ClF3N4O3. The Labute approximate surface area is 185 Å². The minimum atomic E-state index is -0.824. The maximum atomic E-state index is 14.5. The first kappa shape index (κ1) is 23.3. The minimum absolute atomic E-state index is 0.0355. The third-order valence-electron chi connectivity index (χ3n) is 4.42. The van der Waals surface area contributed by atoms with Gasteiger partial charge in [0.1, 0.15) is 29.9 Å². The van der Waals surface area contributed by atoms with Gasteiger partial charge in [-0.15, -0.1) is 0 Å². The van der Waals surface area contributed by atoms with Gasteiger partial charge in [0.25, 0.3) is 5.56 Å². The number of nitrogens with zero attached hydrogens (tertiary/aromatic N) is 2. The predicted octanol–water partition coefficient (Wildman–Crippen LogP) is 2.77. The number of amides is 1. The minimum Gasteiger partial charge on any atom is -0.471 e. The van der Waals surface area contributed by atoms with Gasteiger partial charge in [-0.2, -0.15) is 4.98 Å². The van der Waals surface area contributed by atoms with Crippen LogP contribution < -0.4 is 21.3 Å². The zero-order valence-corrected chi connectivity index (χ0v) is 17.5. The number of carbonyl (C=O) groups is 1. The maximum Gasteiger partial charge on any atom is 0.280 e. The second kappa shape index (κ2) is 9.84. The summed E-state index contributed by atoms with van der Waals surface area (Å²) < 4.78 is 47.7. The number of benzene rings is 2. The number of ether oxygens (including phenoxy) is 1. The van der Waals surface area contributed by atoms with E-state index in [4.69, 9.17) is 22.1 Å². The quantitative estimate of drug-likeness (QED) is 0.532. The molecule has 0 bridgehead atoms. The van der Waals surface area contributed by atoms with Gasteiger partial charge >= 0.3 is 0 Å². The number of carbonyl (C=O) groups excluding carboxylic acids is 1. The van der Waals surface area contributed by atoms with Gasteiger partial charge in [-0.1, -0.05) is 17.7 Å². The van der Waals surface area contributed by atoms with Crippen molar-refractivity contribution in [2.75, 3.05) is 6.54 Å². The van der Waals surface area contributed by atoms with Gasteiger partial charge in [0.2, 0.25) is 11.8 Å². The zero-order valence-electron chi connectivity index (χ0n) is 16.8. The van der Waals surface area contributed by atoms with E-state index >= 15 is 0 Å². The van der Waals surface area contributed by atoms with Gasteiger partial charge in [0, 0.05) is 18.2 Å². The van der Waals surface area contributed by atoms with Crippen LogP contribution in [0.5, 0.6) is 5.88 Å². The molecule has 0 aliphatic rings. The number of aryl methyl sites for hydroxylation is 1. The van der Waals surface area contributed by atoms with Gasteiger partial charge in [0.15, 0.2) is 5.02 Å². The SMILES string of the molecule is Cc1nc(OCc2ccc(F)cc2F)c(Cl)c(=O)n1-c1cc(CNCC(N)=O)ccc1F. The number of hydrogen-bond acceptors (Lipinski definition) is 5. The molecule has 0 saturated heterocycles. The van der Waals surface area contributed by atoms with Crippen molar-refractivity contribution in [2.24, 2.45) is 5.73 Å². The van der Waals surface area contributed by atoms with Crippen LogP contribution in [0.1, 0.15) is 17.0 Å². The summed E-state index contributed by atoms with van der Waals surface area (Å²) in [5, 5.41) is 2.35. The normalized spacial score (nSPS) is 10.9. The fourth-order valence-electron chi connectivity index (χ4n) is 2.92. The molecule has 0 aliphatic carbocycles. The number of primary amides is 1. The van der Waals surface area contributed by atoms with E-state index in [-0.39, 0.29) is 42.7 Å². The summed E-state index contributed by atoms with van der Waals surface area (Å²) >= 11 is 6.10. The van der Waals surface area contributed by atoms with E-state index in [0.29, 0.717) is 11.6 Å². The molecule has 11 heteroatoms. The molecule has 168 valence electrons. The van der Waals surface area contributed by atoms with E-state index in [1.54, 1.807) is 0 Å². The summed E-state index contributed by atoms with van der Waals surface area (Å²) in [6, 6.07) is 7.01. The summed E-state index contributed by atoms with van der Waals surface area (Å²) in [6.07, 6.45) is 0. The van der Waals surface area contributed by atoms with Crippen LogP contribution in [0.15, 0.2) is 41.2 Å². The second-order valence-electron chi connectivity index (χ2n) is 6.80. The van der Waals surface area contributed by atoms with Crippen molar-refractivity contribution < 1.29 is 22.7 Å². The van der Waals surface area contributed by atoms with Crippen LogP contribution in [0.25, 0.3) is 5.69 Å². The molecule has 3 aromatic rings. The third kappa shape index (κ3) is 5.27. The van der Waals surface area contributed by atoms with Crippen molar-refractivity contribution in [3.8, 4) is 11.6 Å². The van der Waals surface area contributed by atoms with Gasteiger partial charge in [0.05, 0.1) is 12.2 Å². The highest BCUT2D eigenvalue weighted by atomic mass is 35.5. The Morgan fingerprint density at radius 3 is 2.62 bits per heavy atom. The van der Waals surface area contributed by atoms with Crippen molar-refractivity contribution >= 4 is 17.5 Å². The van der Waals surface area contributed by atoms with Crippen molar-refractivity contribution in [2.45, 2.75) is 20.1 Å². The van der Waals surface area contributed by atoms with Gasteiger partial charge in [-0.3, -0.25) is 14.2 Å². The molecule has 0 spiro atoms. The van der Waals surface area contributed by atoms with E-state index in [0.717, 1.165) is 16.7 Å². The predicted molar refractivity (Wildman–Crippen MR) is 111 cm³/mol. The molecule has 3 rings (SSSR count). The van der Waals surface area contributed by atoms with Crippen LogP contribution >= 0.6 is 11.6 Å². The smallest absolute Gasteiger partial charge is 0.280 e. The van der Waals surface area contributed by atoms with E-state index in [2.05, 4.69) is 10.3 Å². The molecule has 2 aromatic carbocycles. The van der Waals surface area contributed by atoms with Crippen LogP contribution in [-0.4, -0.2) is 22.0 Å². The average molecular weight is 467 g/mol. The molecule has 0 saturated carbocycles. The van der Waals surface area contributed by atoms with Crippen molar-refractivity contribution in [1.82, 2.24) is 14.9 Å². The highest BCUT2D eigenvalue weighted by Crippen LogP contribution is 2.23. The molecule has 7 nitrogen and oxygen atoms in total. The van der Waals surface area contributed by atoms with E-state index in [1.165, 1.54) is 25.1 Å². The zero-order chi connectivity index (χ0) is 23.4. The Morgan fingerprint density at radius 1 is 1.19 bits per heavy atom. The monoisotopic (exact) mass is 466 g/mol. The lowest BCUT2D eigenvalue weighted by Crippen LogP contribution is -2.28. The summed E-state index contributed by atoms with van der Waals surface area (Å²) in [6.45, 7) is 1.23. The molecule has 0 fully saturated rings. The molecule has 1 amide bonds. The molecule has 0 unspecified atom stereocenters. The third-order valence-corrected chi connectivity index (χ3v) is 4.75. The van der Waals surface area contributed by atoms with Gasteiger partial charge in [-0.05, 0) is 36.8 Å². The number of nitrogens with one attached hydrogen (secondary N) is 1. The highest BCUT2D eigenvalue weighted by molar-refractivity contribution is 6.31. The number of rotatable bonds is 8. The van der Waals surface area contributed by atoms with Crippen molar-refractivity contribution in [3.63, 3.8) is 0 Å². The first-order chi connectivity index (χ1) is 15.2. The Balaban J connectivity index is 1.90. The standard InChI is InChI=1S/C21H18ClF3N4O3/c1-11-28-20(32-10-13-3-4-14(23)7-16(13)25)19(22)21(31)29(11)17-6-12(2-5-15(17)24)8-27-9-18(26)30/h2-7,27H,8-10H2,1H3,(H2,26,30).